The van der Waals surface area contributed by atoms with Crippen LogP contribution in [0.5, 0.6) is 0 Å². The molecule has 0 fully saturated rings. The first-order valence-electron chi connectivity index (χ1n) is 3.54. The quantitative estimate of drug-likeness (QED) is 0.606. The molecule has 2 aromatic heterocycles. The van der Waals surface area contributed by atoms with Gasteiger partial charge >= 0.3 is 0 Å². The molecule has 0 saturated carbocycles. The number of aryl methyl sites for hydroxylation is 1. The number of carbonyl (C=O) groups is 1. The highest BCUT2D eigenvalue weighted by molar-refractivity contribution is 6.05. The number of carbonyl (C=O) groups excluding carboxylic acids is 1. The minimum atomic E-state index is -0.290. The van der Waals surface area contributed by atoms with Crippen molar-refractivity contribution in [2.45, 2.75) is 0 Å². The van der Waals surface area contributed by atoms with Crippen LogP contribution >= 0.6 is 0 Å². The van der Waals surface area contributed by atoms with Gasteiger partial charge in [-0.2, -0.15) is 30.4 Å². The smallest absolute Gasteiger partial charge is 0.236 e. The van der Waals surface area contributed by atoms with Crippen LogP contribution < -0.4 is 0 Å². The molecule has 0 atom stereocenters. The molecule has 0 unspecified atom stereocenters. The number of hydrogen-bond acceptors (Lipinski definition) is 5. The summed E-state index contributed by atoms with van der Waals surface area (Å²) in [4.78, 5) is 12.8. The molecule has 2 aromatic rings. The molecule has 0 radical (unpaired) electrons. The van der Waals surface area contributed by atoms with E-state index in [0.29, 0.717) is 0 Å². The highest BCUT2D eigenvalue weighted by Gasteiger charge is 2.14. The molecule has 2 heterocycles. The van der Waals surface area contributed by atoms with Gasteiger partial charge in [0.2, 0.25) is 5.78 Å². The Morgan fingerprint density at radius 1 is 1.46 bits per heavy atom. The Bertz CT molecular complexity index is 416. The number of H-pyrrole nitrogens is 1. The average molecular weight is 178 g/mol. The zero-order chi connectivity index (χ0) is 9.26. The van der Waals surface area contributed by atoms with E-state index in [-0.39, 0.29) is 17.2 Å². The fraction of sp³-hybridized carbons (Fsp3) is 0.167. The molecule has 0 spiro atoms. The molecule has 0 aliphatic rings. The Balaban J connectivity index is 2.33. The molecule has 0 saturated heterocycles. The number of nitrogens with zero attached hydrogens (tertiary/aromatic N) is 5. The number of aromatic nitrogens is 6. The highest BCUT2D eigenvalue weighted by atomic mass is 16.1. The van der Waals surface area contributed by atoms with Crippen molar-refractivity contribution in [3.05, 3.63) is 23.8 Å². The zero-order valence-electron chi connectivity index (χ0n) is 6.80. The van der Waals surface area contributed by atoms with Gasteiger partial charge in [-0.1, -0.05) is 0 Å². The van der Waals surface area contributed by atoms with Crippen molar-refractivity contribution in [2.75, 3.05) is 0 Å². The van der Waals surface area contributed by atoms with Crippen LogP contribution in [-0.4, -0.2) is 36.2 Å². The van der Waals surface area contributed by atoms with Crippen molar-refractivity contribution in [1.82, 2.24) is 30.4 Å². The van der Waals surface area contributed by atoms with Crippen molar-refractivity contribution >= 4 is 5.78 Å². The Labute approximate surface area is 72.8 Å². The number of rotatable bonds is 2. The molecule has 0 bridgehead atoms. The summed E-state index contributed by atoms with van der Waals surface area (Å²) in [6.07, 6.45) is 2.73. The largest absolute Gasteiger partial charge is 0.285 e. The van der Waals surface area contributed by atoms with Crippen LogP contribution in [-0.2, 0) is 7.05 Å². The molecule has 2 rings (SSSR count). The van der Waals surface area contributed by atoms with Gasteiger partial charge in [-0.15, -0.1) is 0 Å². The van der Waals surface area contributed by atoms with E-state index in [1.165, 1.54) is 17.2 Å². The highest BCUT2D eigenvalue weighted by Crippen LogP contribution is 2.00. The molecule has 0 aliphatic heterocycles. The maximum Gasteiger partial charge on any atom is 0.236 e. The molecule has 66 valence electrons. The normalized spacial score (nSPS) is 10.2. The summed E-state index contributed by atoms with van der Waals surface area (Å²) >= 11 is 0. The third-order valence-electron chi connectivity index (χ3n) is 1.48. The van der Waals surface area contributed by atoms with Gasteiger partial charge in [-0.25, -0.2) is 0 Å². The van der Waals surface area contributed by atoms with Crippen LogP contribution in [0.2, 0.25) is 0 Å². The lowest BCUT2D eigenvalue weighted by Gasteiger charge is -1.86. The predicted octanol–water partition coefficient (Wildman–Crippen LogP) is -0.836. The lowest BCUT2D eigenvalue weighted by molar-refractivity contribution is 0.102. The van der Waals surface area contributed by atoms with Gasteiger partial charge in [0.05, 0.1) is 12.4 Å². The van der Waals surface area contributed by atoms with E-state index in [1.807, 2.05) is 0 Å². The molecular formula is C6H6N6O. The van der Waals surface area contributed by atoms with E-state index in [1.54, 1.807) is 7.05 Å². The van der Waals surface area contributed by atoms with Crippen LogP contribution in [0.25, 0.3) is 0 Å². The Morgan fingerprint density at radius 3 is 2.85 bits per heavy atom. The van der Waals surface area contributed by atoms with Crippen molar-refractivity contribution in [3.63, 3.8) is 0 Å². The molecule has 1 N–H and O–H groups in total. The molecule has 0 amide bonds. The maximum absolute atomic E-state index is 11.5. The topological polar surface area (TPSA) is 89.4 Å². The third kappa shape index (κ3) is 1.31. The van der Waals surface area contributed by atoms with Crippen LogP contribution in [0.15, 0.2) is 12.4 Å². The Kier molecular flexibility index (Phi) is 1.62. The Morgan fingerprint density at radius 2 is 2.31 bits per heavy atom. The van der Waals surface area contributed by atoms with E-state index in [0.717, 1.165) is 0 Å². The van der Waals surface area contributed by atoms with E-state index in [9.17, 15) is 4.79 Å². The van der Waals surface area contributed by atoms with E-state index in [2.05, 4.69) is 25.6 Å². The molecule has 0 aromatic carbocycles. The summed E-state index contributed by atoms with van der Waals surface area (Å²) in [5.74, 6) is -0.290. The number of nitrogens with one attached hydrogen (secondary N) is 1. The molecule has 7 heteroatoms. The molecule has 7 nitrogen and oxygen atoms in total. The lowest BCUT2D eigenvalue weighted by Crippen LogP contribution is -2.03. The van der Waals surface area contributed by atoms with Gasteiger partial charge in [0, 0.05) is 7.05 Å². The number of ketones is 1. The van der Waals surface area contributed by atoms with Gasteiger partial charge in [0.25, 0.3) is 0 Å². The second-order valence-electron chi connectivity index (χ2n) is 2.40. The second kappa shape index (κ2) is 2.77. The fourth-order valence-corrected chi connectivity index (χ4v) is 0.892. The van der Waals surface area contributed by atoms with E-state index in [4.69, 9.17) is 0 Å². The molecular weight excluding hydrogens is 172 g/mol. The summed E-state index contributed by atoms with van der Waals surface area (Å²) in [5.41, 5.74) is 0.497. The van der Waals surface area contributed by atoms with Crippen molar-refractivity contribution in [3.8, 4) is 0 Å². The first-order valence-corrected chi connectivity index (χ1v) is 3.54. The maximum atomic E-state index is 11.5. The third-order valence-corrected chi connectivity index (χ3v) is 1.48. The first kappa shape index (κ1) is 7.59. The summed E-state index contributed by atoms with van der Waals surface area (Å²) in [7, 11) is 1.64. The molecule has 0 aliphatic carbocycles. The predicted molar refractivity (Wildman–Crippen MR) is 40.8 cm³/mol. The van der Waals surface area contributed by atoms with Gasteiger partial charge in [-0.3, -0.25) is 4.79 Å². The van der Waals surface area contributed by atoms with Gasteiger partial charge in [0.1, 0.15) is 0 Å². The van der Waals surface area contributed by atoms with Crippen LogP contribution in [0.4, 0.5) is 0 Å². The van der Waals surface area contributed by atoms with Crippen molar-refractivity contribution in [1.29, 1.82) is 0 Å². The average Bonchev–Trinajstić information content (AvgIpc) is 2.72. The Hall–Kier alpha value is -2.05. The minimum absolute atomic E-state index is 0.237. The summed E-state index contributed by atoms with van der Waals surface area (Å²) in [5, 5.41) is 17.1. The number of aromatic amines is 1. The van der Waals surface area contributed by atoms with E-state index >= 15 is 0 Å². The lowest BCUT2D eigenvalue weighted by atomic mass is 10.2. The summed E-state index contributed by atoms with van der Waals surface area (Å²) in [6, 6.07) is 0. The zero-order valence-corrected chi connectivity index (χ0v) is 6.80. The summed E-state index contributed by atoms with van der Waals surface area (Å²) < 4.78 is 0. The van der Waals surface area contributed by atoms with Crippen LogP contribution in [0.3, 0.4) is 0 Å². The summed E-state index contributed by atoms with van der Waals surface area (Å²) in [6.45, 7) is 0. The standard InChI is InChI=1S/C6H6N6O/c1-12-8-3-5(10-12)6(13)4-2-7-11-9-4/h2-3H,1H3,(H,7,9,11). The van der Waals surface area contributed by atoms with Gasteiger partial charge < -0.3 is 0 Å². The van der Waals surface area contributed by atoms with Gasteiger partial charge in [0.15, 0.2) is 11.4 Å². The number of hydrogen-bond donors (Lipinski definition) is 1. The minimum Gasteiger partial charge on any atom is -0.285 e. The fourth-order valence-electron chi connectivity index (χ4n) is 0.892. The second-order valence-corrected chi connectivity index (χ2v) is 2.40. The SMILES string of the molecule is Cn1ncc(C(=O)c2cn[nH]n2)n1. The van der Waals surface area contributed by atoms with Crippen molar-refractivity contribution in [2.24, 2.45) is 7.05 Å². The van der Waals surface area contributed by atoms with Crippen molar-refractivity contribution < 1.29 is 4.79 Å². The first-order chi connectivity index (χ1) is 6.27. The van der Waals surface area contributed by atoms with E-state index < -0.39 is 0 Å². The van der Waals surface area contributed by atoms with Gasteiger partial charge in [-0.05, 0) is 0 Å². The van der Waals surface area contributed by atoms with Crippen LogP contribution in [0, 0.1) is 0 Å². The molecule has 13 heavy (non-hydrogen) atoms. The monoisotopic (exact) mass is 178 g/mol. The van der Waals surface area contributed by atoms with Crippen LogP contribution in [0.1, 0.15) is 16.2 Å².